The Morgan fingerprint density at radius 3 is 2.83 bits per heavy atom. The van der Waals surface area contributed by atoms with Crippen molar-refractivity contribution in [1.82, 2.24) is 14.6 Å². The van der Waals surface area contributed by atoms with Crippen LogP contribution in [0.5, 0.6) is 5.75 Å². The molecule has 2 atom stereocenters. The third kappa shape index (κ3) is 3.23. The molecule has 0 bridgehead atoms. The fraction of sp³-hybridized carbons (Fsp3) is 0.400. The number of carbonyl (C=O) groups is 1. The number of rotatable bonds is 4. The smallest absolute Gasteiger partial charge is 0.256 e. The second kappa shape index (κ2) is 6.08. The molecule has 0 saturated carbocycles. The first kappa shape index (κ1) is 16.7. The number of H-pyrrole nitrogens is 1. The maximum Gasteiger partial charge on any atom is 0.256 e. The summed E-state index contributed by atoms with van der Waals surface area (Å²) in [4.78, 5) is 17.2. The van der Waals surface area contributed by atoms with E-state index in [4.69, 9.17) is 4.74 Å². The van der Waals surface area contributed by atoms with Crippen LogP contribution in [0.2, 0.25) is 0 Å². The molecule has 0 aliphatic carbocycles. The number of benzene rings is 1. The van der Waals surface area contributed by atoms with E-state index in [9.17, 15) is 18.3 Å². The third-order valence-corrected chi connectivity index (χ3v) is 4.79. The first-order valence-corrected chi connectivity index (χ1v) is 9.27. The van der Waals surface area contributed by atoms with Gasteiger partial charge < -0.3 is 19.7 Å². The van der Waals surface area contributed by atoms with Crippen molar-refractivity contribution in [2.75, 3.05) is 26.5 Å². The highest BCUT2D eigenvalue weighted by molar-refractivity contribution is 7.88. The molecule has 1 amide bonds. The van der Waals surface area contributed by atoms with E-state index in [1.807, 2.05) is 6.07 Å². The van der Waals surface area contributed by atoms with Gasteiger partial charge >= 0.3 is 0 Å². The van der Waals surface area contributed by atoms with Crippen molar-refractivity contribution >= 4 is 26.8 Å². The predicted octanol–water partition coefficient (Wildman–Crippen LogP) is -0.0890. The molecule has 1 aliphatic rings. The Morgan fingerprint density at radius 2 is 2.17 bits per heavy atom. The van der Waals surface area contributed by atoms with Gasteiger partial charge in [0.2, 0.25) is 10.0 Å². The molecular weight excluding hydrogens is 334 g/mol. The number of β-amino-alcohol motifs (C(OH)–C–C–N with tert-alkyl or cyclic N) is 1. The molecule has 0 unspecified atom stereocenters. The molecular formula is C15H19N3O5S. The summed E-state index contributed by atoms with van der Waals surface area (Å²) >= 11 is 0. The van der Waals surface area contributed by atoms with Gasteiger partial charge in [0.25, 0.3) is 5.91 Å². The molecule has 130 valence electrons. The zero-order valence-electron chi connectivity index (χ0n) is 13.3. The Labute approximate surface area is 139 Å². The summed E-state index contributed by atoms with van der Waals surface area (Å²) in [6.45, 7) is 0.187. The van der Waals surface area contributed by atoms with Gasteiger partial charge in [0.1, 0.15) is 5.75 Å². The first-order chi connectivity index (χ1) is 11.3. The van der Waals surface area contributed by atoms with E-state index in [0.717, 1.165) is 11.8 Å². The number of likely N-dealkylation sites (tertiary alicyclic amines) is 1. The monoisotopic (exact) mass is 353 g/mol. The quantitative estimate of drug-likeness (QED) is 0.711. The van der Waals surface area contributed by atoms with Crippen LogP contribution < -0.4 is 9.46 Å². The second-order valence-corrected chi connectivity index (χ2v) is 7.67. The van der Waals surface area contributed by atoms with Crippen molar-refractivity contribution in [3.05, 3.63) is 30.0 Å². The Balaban J connectivity index is 1.85. The van der Waals surface area contributed by atoms with E-state index in [1.165, 1.54) is 4.90 Å². The Bertz CT molecular complexity index is 876. The van der Waals surface area contributed by atoms with Crippen LogP contribution in [0, 0.1) is 0 Å². The van der Waals surface area contributed by atoms with Gasteiger partial charge in [-0.1, -0.05) is 0 Å². The molecule has 2 aromatic rings. The van der Waals surface area contributed by atoms with Gasteiger partial charge in [-0.2, -0.15) is 0 Å². The zero-order chi connectivity index (χ0) is 17.5. The van der Waals surface area contributed by atoms with Gasteiger partial charge in [-0.25, -0.2) is 13.1 Å². The van der Waals surface area contributed by atoms with E-state index in [1.54, 1.807) is 25.4 Å². The molecule has 24 heavy (non-hydrogen) atoms. The highest BCUT2D eigenvalue weighted by atomic mass is 32.2. The Hall–Kier alpha value is -2.10. The Morgan fingerprint density at radius 1 is 1.42 bits per heavy atom. The summed E-state index contributed by atoms with van der Waals surface area (Å²) in [7, 11) is -1.91. The van der Waals surface area contributed by atoms with Gasteiger partial charge in [0, 0.05) is 30.2 Å². The van der Waals surface area contributed by atoms with Crippen molar-refractivity contribution in [2.24, 2.45) is 0 Å². The van der Waals surface area contributed by atoms with Gasteiger partial charge in [-0.05, 0) is 18.2 Å². The minimum Gasteiger partial charge on any atom is -0.497 e. The third-order valence-electron chi connectivity index (χ3n) is 4.06. The molecule has 0 spiro atoms. The lowest BCUT2D eigenvalue weighted by Crippen LogP contribution is -2.42. The number of aliphatic hydroxyl groups is 1. The van der Waals surface area contributed by atoms with E-state index < -0.39 is 22.2 Å². The molecule has 2 heterocycles. The van der Waals surface area contributed by atoms with Crippen LogP contribution in [0.3, 0.4) is 0 Å². The van der Waals surface area contributed by atoms with Gasteiger partial charge in [-0.15, -0.1) is 0 Å². The van der Waals surface area contributed by atoms with Crippen LogP contribution in [-0.4, -0.2) is 67.9 Å². The molecule has 1 saturated heterocycles. The van der Waals surface area contributed by atoms with Crippen LogP contribution >= 0.6 is 0 Å². The van der Waals surface area contributed by atoms with Crippen LogP contribution in [0.25, 0.3) is 10.9 Å². The molecule has 1 aromatic carbocycles. The van der Waals surface area contributed by atoms with E-state index in [-0.39, 0.29) is 19.0 Å². The standard InChI is InChI=1S/C15H19N3O5S/c1-23-9-3-4-12-10(5-9)11(6-16-12)15(20)18-7-13(14(19)8-18)17-24(2,21)22/h3-6,13-14,16-17,19H,7-8H2,1-2H3/t13-,14-/m1/s1. The number of fused-ring (bicyclic) bond motifs is 1. The number of nitrogens with one attached hydrogen (secondary N) is 2. The first-order valence-electron chi connectivity index (χ1n) is 7.38. The van der Waals surface area contributed by atoms with E-state index >= 15 is 0 Å². The molecule has 3 N–H and O–H groups in total. The number of hydrogen-bond acceptors (Lipinski definition) is 5. The molecule has 0 radical (unpaired) electrons. The fourth-order valence-electron chi connectivity index (χ4n) is 2.92. The van der Waals surface area contributed by atoms with Gasteiger partial charge in [0.05, 0.1) is 31.1 Å². The summed E-state index contributed by atoms with van der Waals surface area (Å²) in [5.74, 6) is 0.362. The lowest BCUT2D eigenvalue weighted by atomic mass is 10.1. The molecule has 8 nitrogen and oxygen atoms in total. The topological polar surface area (TPSA) is 112 Å². The van der Waals surface area contributed by atoms with Gasteiger partial charge in [-0.3, -0.25) is 4.79 Å². The highest BCUT2D eigenvalue weighted by Gasteiger charge is 2.36. The van der Waals surface area contributed by atoms with Crippen molar-refractivity contribution in [1.29, 1.82) is 0 Å². The number of aromatic nitrogens is 1. The van der Waals surface area contributed by atoms with Crippen LogP contribution in [-0.2, 0) is 10.0 Å². The number of carbonyl (C=O) groups excluding carboxylic acids is 1. The van der Waals surface area contributed by atoms with E-state index in [2.05, 4.69) is 9.71 Å². The zero-order valence-corrected chi connectivity index (χ0v) is 14.1. The van der Waals surface area contributed by atoms with Crippen molar-refractivity contribution in [3.8, 4) is 5.75 Å². The number of ether oxygens (including phenoxy) is 1. The predicted molar refractivity (Wildman–Crippen MR) is 88.5 cm³/mol. The second-order valence-electron chi connectivity index (χ2n) is 5.89. The number of amides is 1. The summed E-state index contributed by atoms with van der Waals surface area (Å²) in [6, 6.07) is 4.66. The fourth-order valence-corrected chi connectivity index (χ4v) is 3.70. The van der Waals surface area contributed by atoms with Gasteiger partial charge in [0.15, 0.2) is 0 Å². The normalized spacial score (nSPS) is 21.4. The number of sulfonamides is 1. The summed E-state index contributed by atoms with van der Waals surface area (Å²) in [5, 5.41) is 10.7. The molecule has 1 fully saturated rings. The Kier molecular flexibility index (Phi) is 4.24. The summed E-state index contributed by atoms with van der Waals surface area (Å²) in [6.07, 6.45) is 1.69. The molecule has 1 aliphatic heterocycles. The van der Waals surface area contributed by atoms with E-state index in [0.29, 0.717) is 16.7 Å². The maximum atomic E-state index is 12.8. The lowest BCUT2D eigenvalue weighted by molar-refractivity contribution is 0.0767. The minimum absolute atomic E-state index is 0.0721. The summed E-state index contributed by atoms with van der Waals surface area (Å²) in [5.41, 5.74) is 1.25. The SMILES string of the molecule is COc1ccc2[nH]cc(C(=O)N3C[C@@H](O)[C@H](NS(C)(=O)=O)C3)c2c1. The number of aliphatic hydroxyl groups excluding tert-OH is 1. The average Bonchev–Trinajstić information content (AvgIpc) is 3.08. The number of hydrogen-bond donors (Lipinski definition) is 3. The molecule has 1 aromatic heterocycles. The minimum atomic E-state index is -3.46. The summed E-state index contributed by atoms with van der Waals surface area (Å²) < 4.78 is 30.2. The van der Waals surface area contributed by atoms with Crippen LogP contribution in [0.4, 0.5) is 0 Å². The largest absolute Gasteiger partial charge is 0.497 e. The molecule has 3 rings (SSSR count). The van der Waals surface area contributed by atoms with Crippen LogP contribution in [0.15, 0.2) is 24.4 Å². The van der Waals surface area contributed by atoms with Crippen molar-refractivity contribution in [2.45, 2.75) is 12.1 Å². The lowest BCUT2D eigenvalue weighted by Gasteiger charge is -2.16. The molecule has 9 heteroatoms. The average molecular weight is 353 g/mol. The number of aromatic amines is 1. The number of methoxy groups -OCH3 is 1. The maximum absolute atomic E-state index is 12.8. The number of nitrogens with zero attached hydrogens (tertiary/aromatic N) is 1. The van der Waals surface area contributed by atoms with Crippen molar-refractivity contribution in [3.63, 3.8) is 0 Å². The highest BCUT2D eigenvalue weighted by Crippen LogP contribution is 2.25. The van der Waals surface area contributed by atoms with Crippen molar-refractivity contribution < 1.29 is 23.1 Å². The van der Waals surface area contributed by atoms with Crippen LogP contribution in [0.1, 0.15) is 10.4 Å².